The quantitative estimate of drug-likeness (QED) is 0.457. The Balaban J connectivity index is 1.64. The third-order valence-electron chi connectivity index (χ3n) is 4.19. The van der Waals surface area contributed by atoms with E-state index in [2.05, 4.69) is 10.6 Å². The highest BCUT2D eigenvalue weighted by molar-refractivity contribution is 6.31. The van der Waals surface area contributed by atoms with Gasteiger partial charge >= 0.3 is 6.18 Å². The molecule has 0 unspecified atom stereocenters. The molecule has 150 valence electrons. The van der Waals surface area contributed by atoms with Crippen molar-refractivity contribution >= 4 is 34.6 Å². The van der Waals surface area contributed by atoms with E-state index in [1.165, 1.54) is 12.1 Å². The highest BCUT2D eigenvalue weighted by Gasteiger charge is 2.33. The number of hydrogen-bond acceptors (Lipinski definition) is 3. The summed E-state index contributed by atoms with van der Waals surface area (Å²) in [7, 11) is 0. The van der Waals surface area contributed by atoms with Crippen LogP contribution in [0.5, 0.6) is 0 Å². The van der Waals surface area contributed by atoms with Crippen LogP contribution in [0, 0.1) is 0 Å². The van der Waals surface area contributed by atoms with Crippen LogP contribution in [0.2, 0.25) is 5.02 Å². The topological polar surface area (TPSA) is 67.1 Å². The number of alkyl halides is 3. The first-order valence-electron chi connectivity index (χ1n) is 8.59. The van der Waals surface area contributed by atoms with E-state index in [1.54, 1.807) is 48.5 Å². The molecule has 8 heteroatoms. The molecule has 0 saturated carbocycles. The molecule has 29 heavy (non-hydrogen) atoms. The van der Waals surface area contributed by atoms with Crippen molar-refractivity contribution in [3.05, 3.63) is 88.4 Å². The van der Waals surface area contributed by atoms with Gasteiger partial charge in [-0.25, -0.2) is 0 Å². The van der Waals surface area contributed by atoms with Crippen LogP contribution in [-0.2, 0) is 12.7 Å². The molecule has 0 aliphatic heterocycles. The van der Waals surface area contributed by atoms with E-state index in [4.69, 9.17) is 17.3 Å². The molecule has 0 radical (unpaired) electrons. The highest BCUT2D eigenvalue weighted by Crippen LogP contribution is 2.36. The van der Waals surface area contributed by atoms with Gasteiger partial charge < -0.3 is 16.4 Å². The average Bonchev–Trinajstić information content (AvgIpc) is 2.68. The maximum atomic E-state index is 12.9. The summed E-state index contributed by atoms with van der Waals surface area (Å²) in [5.74, 6) is -0.310. The molecule has 0 aromatic heterocycles. The molecule has 4 N–H and O–H groups in total. The minimum absolute atomic E-state index is 0.284. The van der Waals surface area contributed by atoms with Crippen molar-refractivity contribution in [1.29, 1.82) is 0 Å². The van der Waals surface area contributed by atoms with Crippen LogP contribution in [-0.4, -0.2) is 5.91 Å². The molecule has 3 rings (SSSR count). The third kappa shape index (κ3) is 5.20. The Labute approximate surface area is 170 Å². The maximum Gasteiger partial charge on any atom is 0.417 e. The number of nitrogen functional groups attached to an aromatic ring is 1. The molecule has 0 heterocycles. The van der Waals surface area contributed by atoms with Crippen molar-refractivity contribution in [3.63, 3.8) is 0 Å². The summed E-state index contributed by atoms with van der Waals surface area (Å²) in [6.07, 6.45) is -4.52. The fourth-order valence-corrected chi connectivity index (χ4v) is 2.86. The summed E-state index contributed by atoms with van der Waals surface area (Å²) in [6, 6.07) is 17.3. The minimum Gasteiger partial charge on any atom is -0.397 e. The molecule has 0 saturated heterocycles. The molecule has 0 aliphatic carbocycles. The van der Waals surface area contributed by atoms with E-state index in [-0.39, 0.29) is 17.5 Å². The molecule has 4 nitrogen and oxygen atoms in total. The molecule has 0 atom stereocenters. The molecule has 3 aromatic carbocycles. The van der Waals surface area contributed by atoms with Crippen LogP contribution in [0.15, 0.2) is 66.7 Å². The number of carbonyl (C=O) groups excluding carboxylic acids is 1. The Morgan fingerprint density at radius 2 is 1.69 bits per heavy atom. The zero-order valence-electron chi connectivity index (χ0n) is 15.1. The van der Waals surface area contributed by atoms with Gasteiger partial charge in [-0.15, -0.1) is 0 Å². The van der Waals surface area contributed by atoms with Gasteiger partial charge in [-0.3, -0.25) is 4.79 Å². The largest absolute Gasteiger partial charge is 0.417 e. The van der Waals surface area contributed by atoms with Gasteiger partial charge in [0.1, 0.15) is 0 Å². The van der Waals surface area contributed by atoms with Gasteiger partial charge in [0.05, 0.1) is 22.0 Å². The van der Waals surface area contributed by atoms with Crippen molar-refractivity contribution < 1.29 is 18.0 Å². The van der Waals surface area contributed by atoms with E-state index in [0.717, 1.165) is 11.6 Å². The maximum absolute atomic E-state index is 12.9. The van der Waals surface area contributed by atoms with Gasteiger partial charge in [0, 0.05) is 17.8 Å². The number of para-hydroxylation sites is 2. The number of nitrogens with one attached hydrogen (secondary N) is 2. The molecular weight excluding hydrogens is 403 g/mol. The Kier molecular flexibility index (Phi) is 5.98. The Morgan fingerprint density at radius 3 is 2.34 bits per heavy atom. The van der Waals surface area contributed by atoms with Crippen LogP contribution < -0.4 is 16.4 Å². The second kappa shape index (κ2) is 8.45. The number of nitrogens with two attached hydrogens (primary N) is 1. The van der Waals surface area contributed by atoms with E-state index in [9.17, 15) is 18.0 Å². The third-order valence-corrected chi connectivity index (χ3v) is 4.52. The first kappa shape index (κ1) is 20.5. The molecular formula is C21H17ClF3N3O. The van der Waals surface area contributed by atoms with E-state index >= 15 is 0 Å². The van der Waals surface area contributed by atoms with Crippen molar-refractivity contribution in [3.8, 4) is 0 Å². The Bertz CT molecular complexity index is 1020. The Hall–Kier alpha value is -3.19. The normalized spacial score (nSPS) is 11.2. The summed E-state index contributed by atoms with van der Waals surface area (Å²) >= 11 is 5.62. The van der Waals surface area contributed by atoms with Crippen molar-refractivity contribution in [1.82, 2.24) is 0 Å². The predicted molar refractivity (Wildman–Crippen MR) is 109 cm³/mol. The number of amides is 1. The summed E-state index contributed by atoms with van der Waals surface area (Å²) in [5, 5.41) is 5.30. The SMILES string of the molecule is Nc1ccccc1NC(=O)c1ccc(CNc2ccc(Cl)c(C(F)(F)F)c2)cc1. The monoisotopic (exact) mass is 419 g/mol. The van der Waals surface area contributed by atoms with Crippen LogP contribution in [0.1, 0.15) is 21.5 Å². The number of rotatable bonds is 5. The standard InChI is InChI=1S/C21H17ClF3N3O/c22-17-10-9-15(11-16(17)21(23,24)25)27-12-13-5-7-14(8-6-13)20(29)28-19-4-2-1-3-18(19)26/h1-11,27H,12,26H2,(H,28,29). The minimum atomic E-state index is -4.52. The fourth-order valence-electron chi connectivity index (χ4n) is 2.64. The number of benzene rings is 3. The molecule has 0 fully saturated rings. The van der Waals surface area contributed by atoms with Crippen LogP contribution in [0.25, 0.3) is 0 Å². The van der Waals surface area contributed by atoms with Gasteiger partial charge in [-0.05, 0) is 48.0 Å². The highest BCUT2D eigenvalue weighted by atomic mass is 35.5. The molecule has 0 bridgehead atoms. The number of carbonyl (C=O) groups is 1. The summed E-state index contributed by atoms with van der Waals surface area (Å²) in [6.45, 7) is 0.284. The molecule has 0 spiro atoms. The second-order valence-electron chi connectivity index (χ2n) is 6.28. The fraction of sp³-hybridized carbons (Fsp3) is 0.0952. The zero-order valence-corrected chi connectivity index (χ0v) is 15.8. The summed E-state index contributed by atoms with van der Waals surface area (Å²) in [5.41, 5.74) is 7.42. The lowest BCUT2D eigenvalue weighted by Gasteiger charge is -2.13. The van der Waals surface area contributed by atoms with Crippen LogP contribution in [0.3, 0.4) is 0 Å². The predicted octanol–water partition coefficient (Wildman–Crippen LogP) is 5.81. The van der Waals surface area contributed by atoms with Crippen molar-refractivity contribution in [2.24, 2.45) is 0 Å². The van der Waals surface area contributed by atoms with Gasteiger partial charge in [0.15, 0.2) is 0 Å². The van der Waals surface area contributed by atoms with Gasteiger partial charge in [0.2, 0.25) is 0 Å². The number of halogens is 4. The first-order valence-corrected chi connectivity index (χ1v) is 8.97. The van der Waals surface area contributed by atoms with E-state index < -0.39 is 11.7 Å². The zero-order chi connectivity index (χ0) is 21.0. The first-order chi connectivity index (χ1) is 13.7. The number of hydrogen-bond donors (Lipinski definition) is 3. The summed E-state index contributed by atoms with van der Waals surface area (Å²) < 4.78 is 38.8. The van der Waals surface area contributed by atoms with Crippen LogP contribution in [0.4, 0.5) is 30.2 Å². The Morgan fingerprint density at radius 1 is 1.00 bits per heavy atom. The van der Waals surface area contributed by atoms with Gasteiger partial charge in [-0.1, -0.05) is 35.9 Å². The van der Waals surface area contributed by atoms with Crippen LogP contribution >= 0.6 is 11.6 Å². The average molecular weight is 420 g/mol. The lowest BCUT2D eigenvalue weighted by Crippen LogP contribution is -2.13. The smallest absolute Gasteiger partial charge is 0.397 e. The van der Waals surface area contributed by atoms with Gasteiger partial charge in [0.25, 0.3) is 5.91 Å². The van der Waals surface area contributed by atoms with E-state index in [0.29, 0.717) is 22.6 Å². The van der Waals surface area contributed by atoms with Crippen molar-refractivity contribution in [2.45, 2.75) is 12.7 Å². The van der Waals surface area contributed by atoms with Gasteiger partial charge in [-0.2, -0.15) is 13.2 Å². The lowest BCUT2D eigenvalue weighted by molar-refractivity contribution is -0.137. The van der Waals surface area contributed by atoms with Crippen molar-refractivity contribution in [2.75, 3.05) is 16.4 Å². The molecule has 1 amide bonds. The molecule has 0 aliphatic rings. The molecule has 3 aromatic rings. The summed E-state index contributed by atoms with van der Waals surface area (Å²) in [4.78, 5) is 12.3. The number of anilines is 3. The van der Waals surface area contributed by atoms with E-state index in [1.807, 2.05) is 0 Å². The second-order valence-corrected chi connectivity index (χ2v) is 6.69. The lowest BCUT2D eigenvalue weighted by atomic mass is 10.1.